The Morgan fingerprint density at radius 3 is 2.76 bits per heavy atom. The lowest BCUT2D eigenvalue weighted by molar-refractivity contribution is -0.116. The van der Waals surface area contributed by atoms with Crippen LogP contribution < -0.4 is 10.9 Å². The molecule has 0 unspecified atom stereocenters. The molecule has 1 N–H and O–H groups in total. The fraction of sp³-hybridized carbons (Fsp3) is 0.269. The van der Waals surface area contributed by atoms with Crippen molar-refractivity contribution in [3.8, 4) is 11.4 Å². The Bertz CT molecular complexity index is 1450. The van der Waals surface area contributed by atoms with Gasteiger partial charge in [-0.25, -0.2) is 4.98 Å². The van der Waals surface area contributed by atoms with Gasteiger partial charge >= 0.3 is 0 Å². The van der Waals surface area contributed by atoms with Crippen LogP contribution in [0.5, 0.6) is 0 Å². The van der Waals surface area contributed by atoms with Crippen molar-refractivity contribution in [2.24, 2.45) is 0 Å². The third-order valence-corrected chi connectivity index (χ3v) is 7.79. The number of carbonyl (C=O) groups is 1. The average Bonchev–Trinajstić information content (AvgIpc) is 3.17. The van der Waals surface area contributed by atoms with Crippen LogP contribution in [-0.4, -0.2) is 15.5 Å². The van der Waals surface area contributed by atoms with E-state index in [1.54, 1.807) is 29.5 Å². The number of rotatable bonds is 4. The Morgan fingerprint density at radius 2 is 1.94 bits per heavy atom. The standard InChI is InChI=1S/C26H24ClN3O2S/c1-15-7-5-8-17(13-15)24-29-25-23(18-9-3-4-12-21(18)33-25)26(32)30(24)14-22(31)28-20-11-6-10-19(27)16(20)2/h5-8,10-11,13H,3-4,9,12,14H2,1-2H3,(H,28,31). The minimum absolute atomic E-state index is 0.123. The number of fused-ring (bicyclic) bond motifs is 3. The Labute approximate surface area is 201 Å². The van der Waals surface area contributed by atoms with Gasteiger partial charge in [-0.3, -0.25) is 14.2 Å². The Kier molecular flexibility index (Phi) is 5.81. The van der Waals surface area contributed by atoms with Crippen molar-refractivity contribution in [1.29, 1.82) is 0 Å². The average molecular weight is 478 g/mol. The van der Waals surface area contributed by atoms with Crippen LogP contribution in [0, 0.1) is 13.8 Å². The van der Waals surface area contributed by atoms with E-state index in [2.05, 4.69) is 5.32 Å². The van der Waals surface area contributed by atoms with Crippen LogP contribution in [0.2, 0.25) is 5.02 Å². The van der Waals surface area contributed by atoms with Gasteiger partial charge in [0.25, 0.3) is 5.56 Å². The summed E-state index contributed by atoms with van der Waals surface area (Å²) < 4.78 is 1.52. The Balaban J connectivity index is 1.63. The van der Waals surface area contributed by atoms with E-state index in [-0.39, 0.29) is 18.0 Å². The van der Waals surface area contributed by atoms with E-state index in [4.69, 9.17) is 16.6 Å². The molecule has 33 heavy (non-hydrogen) atoms. The molecule has 5 rings (SSSR count). The van der Waals surface area contributed by atoms with Crippen LogP contribution in [0.15, 0.2) is 47.3 Å². The van der Waals surface area contributed by atoms with E-state index in [1.165, 1.54) is 9.44 Å². The zero-order chi connectivity index (χ0) is 23.1. The number of thiophene rings is 1. The van der Waals surface area contributed by atoms with Crippen LogP contribution in [0.1, 0.15) is 34.4 Å². The lowest BCUT2D eigenvalue weighted by atomic mass is 9.97. The van der Waals surface area contributed by atoms with Gasteiger partial charge in [0.1, 0.15) is 17.2 Å². The van der Waals surface area contributed by atoms with E-state index in [0.717, 1.165) is 52.8 Å². The van der Waals surface area contributed by atoms with E-state index in [0.29, 0.717) is 21.9 Å². The zero-order valence-electron chi connectivity index (χ0n) is 18.6. The zero-order valence-corrected chi connectivity index (χ0v) is 20.1. The van der Waals surface area contributed by atoms with E-state index >= 15 is 0 Å². The van der Waals surface area contributed by atoms with Gasteiger partial charge in [-0.1, -0.05) is 41.4 Å². The highest BCUT2D eigenvalue weighted by molar-refractivity contribution is 7.18. The number of amides is 1. The van der Waals surface area contributed by atoms with E-state index < -0.39 is 0 Å². The van der Waals surface area contributed by atoms with Gasteiger partial charge in [0.2, 0.25) is 5.91 Å². The summed E-state index contributed by atoms with van der Waals surface area (Å²) >= 11 is 7.83. The van der Waals surface area contributed by atoms with Crippen molar-refractivity contribution in [2.45, 2.75) is 46.1 Å². The summed E-state index contributed by atoms with van der Waals surface area (Å²) in [6, 6.07) is 13.3. The van der Waals surface area contributed by atoms with Crippen molar-refractivity contribution in [1.82, 2.24) is 9.55 Å². The molecule has 0 spiro atoms. The van der Waals surface area contributed by atoms with Gasteiger partial charge in [0.05, 0.1) is 5.39 Å². The van der Waals surface area contributed by atoms with Crippen LogP contribution in [0.25, 0.3) is 21.6 Å². The number of aryl methyl sites for hydroxylation is 3. The Hall–Kier alpha value is -2.96. The molecule has 0 fully saturated rings. The predicted molar refractivity (Wildman–Crippen MR) is 136 cm³/mol. The molecule has 168 valence electrons. The summed E-state index contributed by atoms with van der Waals surface area (Å²) in [5.41, 5.74) is 4.30. The predicted octanol–water partition coefficient (Wildman–Crippen LogP) is 5.91. The van der Waals surface area contributed by atoms with Gasteiger partial charge in [0, 0.05) is 21.2 Å². The molecule has 2 heterocycles. The molecule has 0 saturated carbocycles. The van der Waals surface area contributed by atoms with Gasteiger partial charge < -0.3 is 5.32 Å². The number of anilines is 1. The van der Waals surface area contributed by atoms with Gasteiger partial charge in [0.15, 0.2) is 0 Å². The topological polar surface area (TPSA) is 64.0 Å². The summed E-state index contributed by atoms with van der Waals surface area (Å²) in [4.78, 5) is 33.8. The van der Waals surface area contributed by atoms with Crippen molar-refractivity contribution in [3.05, 3.63) is 79.4 Å². The molecule has 2 aromatic heterocycles. The highest BCUT2D eigenvalue weighted by atomic mass is 35.5. The smallest absolute Gasteiger partial charge is 0.263 e. The first-order chi connectivity index (χ1) is 15.9. The highest BCUT2D eigenvalue weighted by Crippen LogP contribution is 2.35. The first-order valence-electron chi connectivity index (χ1n) is 11.1. The largest absolute Gasteiger partial charge is 0.324 e. The fourth-order valence-corrected chi connectivity index (χ4v) is 5.89. The summed E-state index contributed by atoms with van der Waals surface area (Å²) in [7, 11) is 0. The minimum Gasteiger partial charge on any atom is -0.324 e. The number of aromatic nitrogens is 2. The lowest BCUT2D eigenvalue weighted by Gasteiger charge is -2.15. The minimum atomic E-state index is -0.290. The van der Waals surface area contributed by atoms with Gasteiger partial charge in [-0.05, 0) is 68.9 Å². The maximum absolute atomic E-state index is 13.8. The van der Waals surface area contributed by atoms with Crippen molar-refractivity contribution >= 4 is 44.7 Å². The van der Waals surface area contributed by atoms with Crippen LogP contribution in [0.3, 0.4) is 0 Å². The molecule has 7 heteroatoms. The normalized spacial score (nSPS) is 13.2. The molecule has 1 aliphatic rings. The number of halogens is 1. The van der Waals surface area contributed by atoms with Crippen molar-refractivity contribution < 1.29 is 4.79 Å². The second-order valence-electron chi connectivity index (χ2n) is 8.55. The first-order valence-corrected chi connectivity index (χ1v) is 12.3. The molecule has 2 aromatic carbocycles. The molecule has 4 aromatic rings. The van der Waals surface area contributed by atoms with E-state index in [1.807, 2.05) is 38.1 Å². The van der Waals surface area contributed by atoms with Crippen molar-refractivity contribution in [2.75, 3.05) is 5.32 Å². The molecule has 0 radical (unpaired) electrons. The lowest BCUT2D eigenvalue weighted by Crippen LogP contribution is -2.30. The second kappa shape index (κ2) is 8.76. The number of carbonyl (C=O) groups excluding carboxylic acids is 1. The summed E-state index contributed by atoms with van der Waals surface area (Å²) in [6.07, 6.45) is 4.10. The maximum atomic E-state index is 13.8. The molecular weight excluding hydrogens is 454 g/mol. The Morgan fingerprint density at radius 1 is 1.15 bits per heavy atom. The third kappa shape index (κ3) is 4.09. The first kappa shape index (κ1) is 21.9. The quantitative estimate of drug-likeness (QED) is 0.397. The second-order valence-corrected chi connectivity index (χ2v) is 10.0. The van der Waals surface area contributed by atoms with Crippen molar-refractivity contribution in [3.63, 3.8) is 0 Å². The molecule has 5 nitrogen and oxygen atoms in total. The number of nitrogens with zero attached hydrogens (tertiary/aromatic N) is 2. The highest BCUT2D eigenvalue weighted by Gasteiger charge is 2.23. The number of nitrogens with one attached hydrogen (secondary N) is 1. The van der Waals surface area contributed by atoms with Crippen LogP contribution in [0.4, 0.5) is 5.69 Å². The molecular formula is C26H24ClN3O2S. The fourth-order valence-electron chi connectivity index (χ4n) is 4.47. The third-order valence-electron chi connectivity index (χ3n) is 6.19. The number of benzene rings is 2. The number of hydrogen-bond donors (Lipinski definition) is 1. The molecule has 0 atom stereocenters. The molecule has 1 amide bonds. The molecule has 0 bridgehead atoms. The molecule has 0 aliphatic heterocycles. The molecule has 1 aliphatic carbocycles. The van der Waals surface area contributed by atoms with Gasteiger partial charge in [-0.2, -0.15) is 0 Å². The monoisotopic (exact) mass is 477 g/mol. The summed E-state index contributed by atoms with van der Waals surface area (Å²) in [5, 5.41) is 4.17. The summed E-state index contributed by atoms with van der Waals surface area (Å²) in [6.45, 7) is 3.73. The molecule has 0 saturated heterocycles. The number of hydrogen-bond acceptors (Lipinski definition) is 4. The van der Waals surface area contributed by atoms with Crippen LogP contribution in [-0.2, 0) is 24.2 Å². The summed E-state index contributed by atoms with van der Waals surface area (Å²) in [5.74, 6) is 0.231. The SMILES string of the molecule is Cc1cccc(-c2nc3sc4c(c3c(=O)n2CC(=O)Nc2cccc(Cl)c2C)CCCC4)c1. The van der Waals surface area contributed by atoms with Gasteiger partial charge in [-0.15, -0.1) is 11.3 Å². The van der Waals surface area contributed by atoms with Crippen LogP contribution >= 0.6 is 22.9 Å². The maximum Gasteiger partial charge on any atom is 0.263 e. The van der Waals surface area contributed by atoms with E-state index in [9.17, 15) is 9.59 Å².